The molecule has 0 aromatic rings. The Hall–Kier alpha value is -1.68. The van der Waals surface area contributed by atoms with Gasteiger partial charge in [0.1, 0.15) is 6.10 Å². The highest BCUT2D eigenvalue weighted by molar-refractivity contribution is 6.04. The van der Waals surface area contributed by atoms with Gasteiger partial charge in [-0.15, -0.1) is 0 Å². The maximum absolute atomic E-state index is 12.1. The molecule has 1 fully saturated rings. The molecule has 5 atom stereocenters. The van der Waals surface area contributed by atoms with Crippen molar-refractivity contribution in [2.75, 3.05) is 6.61 Å². The minimum absolute atomic E-state index is 0.506. The molecule has 0 aliphatic carbocycles. The van der Waals surface area contributed by atoms with Gasteiger partial charge >= 0.3 is 0 Å². The molecule has 23 heavy (non-hydrogen) atoms. The largest absolute Gasteiger partial charge is 0.386 e. The SMILES string of the molecule is CC(=O)N[C@@H]1CO[C@H](C(=O)C(C)O)[C@@](O)(C(C)=O)[C@@]1(O)C(C)=O. The summed E-state index contributed by atoms with van der Waals surface area (Å²) in [6.45, 7) is 3.49. The van der Waals surface area contributed by atoms with E-state index in [9.17, 15) is 34.5 Å². The molecule has 0 bridgehead atoms. The standard InChI is InChI=1S/C14H21NO8/c1-6(16)11(20)12-14(22,8(3)18)13(21,7(2)17)10(5-23-12)15-9(4)19/h6,10,12,16,21-22H,5H2,1-4H3,(H,15,19)/t6?,10-,12-,13-,14+/m1/s1. The molecule has 9 heteroatoms. The number of nitrogens with one attached hydrogen (secondary N) is 1. The molecular formula is C14H21NO8. The van der Waals surface area contributed by atoms with Gasteiger partial charge in [-0.25, -0.2) is 0 Å². The van der Waals surface area contributed by atoms with Gasteiger partial charge in [0.05, 0.1) is 12.6 Å². The van der Waals surface area contributed by atoms with Crippen LogP contribution in [0, 0.1) is 0 Å². The Labute approximate surface area is 132 Å². The number of carbonyl (C=O) groups is 4. The fourth-order valence-electron chi connectivity index (χ4n) is 2.76. The summed E-state index contributed by atoms with van der Waals surface area (Å²) in [6.07, 6.45) is -3.54. The third-order valence-corrected chi connectivity index (χ3v) is 4.02. The van der Waals surface area contributed by atoms with Gasteiger partial charge in [-0.1, -0.05) is 0 Å². The number of aliphatic hydroxyl groups excluding tert-OH is 1. The van der Waals surface area contributed by atoms with Crippen LogP contribution in [0.25, 0.3) is 0 Å². The zero-order valence-electron chi connectivity index (χ0n) is 13.3. The minimum Gasteiger partial charge on any atom is -0.386 e. The zero-order valence-corrected chi connectivity index (χ0v) is 13.3. The van der Waals surface area contributed by atoms with Crippen molar-refractivity contribution in [3.05, 3.63) is 0 Å². The number of amides is 1. The van der Waals surface area contributed by atoms with Crippen molar-refractivity contribution in [2.45, 2.75) is 57.1 Å². The third-order valence-electron chi connectivity index (χ3n) is 4.02. The average Bonchev–Trinajstić information content (AvgIpc) is 2.42. The third kappa shape index (κ3) is 2.92. The van der Waals surface area contributed by atoms with Crippen molar-refractivity contribution < 1.29 is 39.2 Å². The molecule has 9 nitrogen and oxygen atoms in total. The number of aliphatic hydroxyl groups is 3. The van der Waals surface area contributed by atoms with Crippen LogP contribution in [0.5, 0.6) is 0 Å². The molecule has 0 saturated carbocycles. The van der Waals surface area contributed by atoms with Crippen molar-refractivity contribution >= 4 is 23.3 Å². The quantitative estimate of drug-likeness (QED) is 0.431. The Morgan fingerprint density at radius 1 is 1.09 bits per heavy atom. The van der Waals surface area contributed by atoms with Gasteiger partial charge in [0.25, 0.3) is 0 Å². The number of hydrogen-bond donors (Lipinski definition) is 4. The summed E-state index contributed by atoms with van der Waals surface area (Å²) in [5.74, 6) is -3.84. The average molecular weight is 331 g/mol. The lowest BCUT2D eigenvalue weighted by Crippen LogP contribution is -2.81. The highest BCUT2D eigenvalue weighted by atomic mass is 16.5. The molecule has 1 aliphatic heterocycles. The van der Waals surface area contributed by atoms with Gasteiger partial charge < -0.3 is 25.4 Å². The van der Waals surface area contributed by atoms with Crippen molar-refractivity contribution in [1.29, 1.82) is 0 Å². The molecule has 1 saturated heterocycles. The first kappa shape index (κ1) is 19.4. The van der Waals surface area contributed by atoms with Gasteiger partial charge in [0, 0.05) is 6.92 Å². The lowest BCUT2D eigenvalue weighted by atomic mass is 9.66. The summed E-state index contributed by atoms with van der Waals surface area (Å²) in [5, 5.41) is 33.2. The Morgan fingerprint density at radius 3 is 1.91 bits per heavy atom. The summed E-state index contributed by atoms with van der Waals surface area (Å²) in [7, 11) is 0. The van der Waals surface area contributed by atoms with E-state index < -0.39 is 59.3 Å². The molecule has 0 spiro atoms. The second kappa shape index (κ2) is 6.44. The summed E-state index contributed by atoms with van der Waals surface area (Å²) in [6, 6.07) is -1.44. The normalized spacial score (nSPS) is 35.3. The fraction of sp³-hybridized carbons (Fsp3) is 0.714. The molecular weight excluding hydrogens is 310 g/mol. The molecule has 0 aromatic carbocycles. The van der Waals surface area contributed by atoms with Crippen molar-refractivity contribution in [2.24, 2.45) is 0 Å². The molecule has 0 radical (unpaired) electrons. The Bertz CT molecular complexity index is 545. The maximum Gasteiger partial charge on any atom is 0.217 e. The van der Waals surface area contributed by atoms with E-state index in [1.54, 1.807) is 0 Å². The number of ketones is 3. The number of hydrogen-bond acceptors (Lipinski definition) is 8. The predicted molar refractivity (Wildman–Crippen MR) is 75.3 cm³/mol. The Morgan fingerprint density at radius 2 is 1.57 bits per heavy atom. The highest BCUT2D eigenvalue weighted by Crippen LogP contribution is 2.38. The van der Waals surface area contributed by atoms with Crippen LogP contribution >= 0.6 is 0 Å². The van der Waals surface area contributed by atoms with E-state index >= 15 is 0 Å². The summed E-state index contributed by atoms with van der Waals surface area (Å²) in [5.41, 5.74) is -5.73. The van der Waals surface area contributed by atoms with Crippen molar-refractivity contribution in [3.8, 4) is 0 Å². The van der Waals surface area contributed by atoms with Gasteiger partial charge in [0.15, 0.2) is 34.7 Å². The highest BCUT2D eigenvalue weighted by Gasteiger charge is 2.69. The van der Waals surface area contributed by atoms with Crippen molar-refractivity contribution in [1.82, 2.24) is 5.32 Å². The first-order valence-corrected chi connectivity index (χ1v) is 6.98. The summed E-state index contributed by atoms with van der Waals surface area (Å²) in [4.78, 5) is 47.4. The summed E-state index contributed by atoms with van der Waals surface area (Å²) >= 11 is 0. The minimum atomic E-state index is -2.95. The monoisotopic (exact) mass is 331 g/mol. The van der Waals surface area contributed by atoms with Crippen LogP contribution in [0.2, 0.25) is 0 Å². The van der Waals surface area contributed by atoms with Crippen molar-refractivity contribution in [3.63, 3.8) is 0 Å². The van der Waals surface area contributed by atoms with E-state index in [0.717, 1.165) is 27.7 Å². The number of carbonyl (C=O) groups excluding carboxylic acids is 4. The summed E-state index contributed by atoms with van der Waals surface area (Å²) < 4.78 is 5.13. The lowest BCUT2D eigenvalue weighted by molar-refractivity contribution is -0.244. The number of rotatable bonds is 5. The second-order valence-corrected chi connectivity index (χ2v) is 5.69. The Kier molecular flexibility index (Phi) is 5.42. The van der Waals surface area contributed by atoms with Gasteiger partial charge in [0.2, 0.25) is 5.91 Å². The molecule has 1 rings (SSSR count). The van der Waals surface area contributed by atoms with Gasteiger partial charge in [-0.05, 0) is 20.8 Å². The first-order chi connectivity index (χ1) is 10.4. The van der Waals surface area contributed by atoms with Crippen LogP contribution in [0.3, 0.4) is 0 Å². The van der Waals surface area contributed by atoms with Crippen LogP contribution in [0.1, 0.15) is 27.7 Å². The fourth-order valence-corrected chi connectivity index (χ4v) is 2.76. The lowest BCUT2D eigenvalue weighted by Gasteiger charge is -2.51. The molecule has 1 unspecified atom stereocenters. The van der Waals surface area contributed by atoms with Crippen LogP contribution in [0.4, 0.5) is 0 Å². The van der Waals surface area contributed by atoms with E-state index in [2.05, 4.69) is 5.32 Å². The van der Waals surface area contributed by atoms with Crippen LogP contribution in [0.15, 0.2) is 0 Å². The maximum atomic E-state index is 12.1. The predicted octanol–water partition coefficient (Wildman–Crippen LogP) is -2.52. The molecule has 4 N–H and O–H groups in total. The van der Waals surface area contributed by atoms with Gasteiger partial charge in [-0.3, -0.25) is 19.2 Å². The van der Waals surface area contributed by atoms with E-state index in [1.165, 1.54) is 0 Å². The molecule has 130 valence electrons. The van der Waals surface area contributed by atoms with E-state index in [1.807, 2.05) is 0 Å². The number of ether oxygens (including phenoxy) is 1. The van der Waals surface area contributed by atoms with Gasteiger partial charge in [-0.2, -0.15) is 0 Å². The first-order valence-electron chi connectivity index (χ1n) is 6.98. The van der Waals surface area contributed by atoms with E-state index in [0.29, 0.717) is 0 Å². The van der Waals surface area contributed by atoms with Crippen LogP contribution in [-0.4, -0.2) is 74.6 Å². The number of Topliss-reactive ketones (excluding diaryl/α,β-unsaturated/α-hetero) is 3. The molecule has 0 aromatic heterocycles. The Balaban J connectivity index is 3.53. The zero-order chi connectivity index (χ0) is 18.2. The topological polar surface area (TPSA) is 150 Å². The second-order valence-electron chi connectivity index (χ2n) is 5.69. The van der Waals surface area contributed by atoms with E-state index in [-0.39, 0.29) is 0 Å². The molecule has 1 heterocycles. The molecule has 1 amide bonds. The van der Waals surface area contributed by atoms with Crippen LogP contribution < -0.4 is 5.32 Å². The van der Waals surface area contributed by atoms with E-state index in [4.69, 9.17) is 4.74 Å². The molecule has 1 aliphatic rings. The van der Waals surface area contributed by atoms with Crippen LogP contribution in [-0.2, 0) is 23.9 Å². The smallest absolute Gasteiger partial charge is 0.217 e.